The number of nitrogens with one attached hydrogen (secondary N) is 1. The minimum Gasteiger partial charge on any atom is -0.494 e. The Morgan fingerprint density at radius 3 is 2.95 bits per heavy atom. The lowest BCUT2D eigenvalue weighted by Gasteiger charge is -2.15. The topological polar surface area (TPSA) is 38.3 Å². The molecular weight excluding hydrogens is 313 g/mol. The number of hydrogen-bond acceptors (Lipinski definition) is 2. The fourth-order valence-corrected chi connectivity index (χ4v) is 3.12. The minimum absolute atomic E-state index is 0.0897. The Balaban J connectivity index is 1.96. The van der Waals surface area contributed by atoms with Crippen LogP contribution in [-0.4, -0.2) is 24.4 Å². The van der Waals surface area contributed by atoms with Crippen LogP contribution in [0.15, 0.2) is 18.2 Å². The zero-order chi connectivity index (χ0) is 13.8. The molecule has 2 atom stereocenters. The lowest BCUT2D eigenvalue weighted by atomic mass is 10.1. The molecule has 5 heteroatoms. The van der Waals surface area contributed by atoms with Crippen molar-refractivity contribution in [2.75, 3.05) is 13.7 Å². The van der Waals surface area contributed by atoms with Crippen LogP contribution in [0.5, 0.6) is 5.75 Å². The van der Waals surface area contributed by atoms with Gasteiger partial charge in [0.1, 0.15) is 0 Å². The monoisotopic (exact) mass is 329 g/mol. The number of rotatable bonds is 4. The van der Waals surface area contributed by atoms with Crippen LogP contribution in [0.1, 0.15) is 29.6 Å². The van der Waals surface area contributed by atoms with Gasteiger partial charge in [-0.15, -0.1) is 0 Å². The average Bonchev–Trinajstić information content (AvgIpc) is 2.82. The van der Waals surface area contributed by atoms with Crippen LogP contribution in [-0.2, 0) is 0 Å². The first-order chi connectivity index (χ1) is 9.11. The molecule has 1 aliphatic carbocycles. The predicted molar refractivity (Wildman–Crippen MR) is 75.3 cm³/mol. The third-order valence-corrected chi connectivity index (χ3v) is 4.71. The molecule has 1 fully saturated rings. The molecule has 19 heavy (non-hydrogen) atoms. The van der Waals surface area contributed by atoms with Crippen molar-refractivity contribution in [3.8, 4) is 5.75 Å². The van der Waals surface area contributed by atoms with Gasteiger partial charge < -0.3 is 10.1 Å². The predicted octanol–water partition coefficient (Wildman–Crippen LogP) is 3.13. The summed E-state index contributed by atoms with van der Waals surface area (Å²) in [7, 11) is 1.38. The second kappa shape index (κ2) is 6.37. The summed E-state index contributed by atoms with van der Waals surface area (Å²) in [4.78, 5) is 12.5. The van der Waals surface area contributed by atoms with Gasteiger partial charge in [0.25, 0.3) is 5.91 Å². The summed E-state index contributed by atoms with van der Waals surface area (Å²) in [5, 5.41) is 2.90. The molecule has 0 spiro atoms. The molecule has 0 saturated heterocycles. The van der Waals surface area contributed by atoms with Gasteiger partial charge >= 0.3 is 0 Å². The maximum absolute atomic E-state index is 13.3. The van der Waals surface area contributed by atoms with E-state index in [2.05, 4.69) is 21.2 Å². The molecular formula is C14H17BrFNO2. The number of carbonyl (C=O) groups excluding carboxylic acids is 1. The molecule has 1 aromatic rings. The van der Waals surface area contributed by atoms with Gasteiger partial charge in [-0.25, -0.2) is 4.39 Å². The van der Waals surface area contributed by atoms with E-state index < -0.39 is 5.82 Å². The van der Waals surface area contributed by atoms with Crippen molar-refractivity contribution < 1.29 is 13.9 Å². The molecule has 1 N–H and O–H groups in total. The highest BCUT2D eigenvalue weighted by Crippen LogP contribution is 2.30. The van der Waals surface area contributed by atoms with Crippen LogP contribution in [0.2, 0.25) is 0 Å². The van der Waals surface area contributed by atoms with Gasteiger partial charge in [-0.05, 0) is 37.0 Å². The van der Waals surface area contributed by atoms with E-state index in [1.807, 2.05) is 0 Å². The number of ether oxygens (including phenoxy) is 1. The molecule has 104 valence electrons. The Labute approximate surface area is 120 Å². The van der Waals surface area contributed by atoms with E-state index in [1.54, 1.807) is 0 Å². The highest BCUT2D eigenvalue weighted by atomic mass is 79.9. The van der Waals surface area contributed by atoms with Gasteiger partial charge in [0, 0.05) is 16.9 Å². The van der Waals surface area contributed by atoms with E-state index in [0.717, 1.165) is 12.8 Å². The summed E-state index contributed by atoms with van der Waals surface area (Å²) in [6, 6.07) is 4.13. The van der Waals surface area contributed by atoms with Crippen LogP contribution in [0, 0.1) is 11.7 Å². The summed E-state index contributed by atoms with van der Waals surface area (Å²) in [6.45, 7) is 0.647. The number of alkyl halides is 1. The smallest absolute Gasteiger partial charge is 0.251 e. The quantitative estimate of drug-likeness (QED) is 0.862. The molecule has 0 aromatic heterocycles. The van der Waals surface area contributed by atoms with Gasteiger partial charge in [0.15, 0.2) is 11.6 Å². The fraction of sp³-hybridized carbons (Fsp3) is 0.500. The first-order valence-electron chi connectivity index (χ1n) is 6.37. The minimum atomic E-state index is -0.463. The zero-order valence-corrected chi connectivity index (χ0v) is 12.4. The standard InChI is InChI=1S/C14H17BrFNO2/c1-19-13-7-9(5-6-12(13)16)14(18)17-8-10-3-2-4-11(10)15/h5-7,10-11H,2-4,8H2,1H3,(H,17,18). The maximum atomic E-state index is 13.3. The molecule has 1 saturated carbocycles. The SMILES string of the molecule is COc1cc(C(=O)NCC2CCCC2Br)ccc1F. The van der Waals surface area contributed by atoms with Gasteiger partial charge in [-0.3, -0.25) is 4.79 Å². The van der Waals surface area contributed by atoms with Crippen LogP contribution in [0.4, 0.5) is 4.39 Å². The summed E-state index contributed by atoms with van der Waals surface area (Å²) >= 11 is 3.62. The molecule has 0 heterocycles. The van der Waals surface area contributed by atoms with Crippen LogP contribution < -0.4 is 10.1 Å². The second-order valence-electron chi connectivity index (χ2n) is 4.77. The number of methoxy groups -OCH3 is 1. The highest BCUT2D eigenvalue weighted by Gasteiger charge is 2.25. The Hall–Kier alpha value is -1.10. The van der Waals surface area contributed by atoms with E-state index in [4.69, 9.17) is 4.74 Å². The van der Waals surface area contributed by atoms with Crippen LogP contribution >= 0.6 is 15.9 Å². The van der Waals surface area contributed by atoms with E-state index in [0.29, 0.717) is 22.9 Å². The van der Waals surface area contributed by atoms with Gasteiger partial charge in [-0.2, -0.15) is 0 Å². The largest absolute Gasteiger partial charge is 0.494 e. The molecule has 1 aromatic carbocycles. The van der Waals surface area contributed by atoms with E-state index >= 15 is 0 Å². The Morgan fingerprint density at radius 1 is 1.53 bits per heavy atom. The molecule has 3 nitrogen and oxygen atoms in total. The van der Waals surface area contributed by atoms with Crippen molar-refractivity contribution in [1.82, 2.24) is 5.32 Å². The molecule has 0 aliphatic heterocycles. The van der Waals surface area contributed by atoms with E-state index in [-0.39, 0.29) is 11.7 Å². The number of hydrogen-bond donors (Lipinski definition) is 1. The molecule has 1 aliphatic rings. The third-order valence-electron chi connectivity index (χ3n) is 3.50. The van der Waals surface area contributed by atoms with Crippen LogP contribution in [0.25, 0.3) is 0 Å². The number of amides is 1. The third kappa shape index (κ3) is 3.47. The summed E-state index contributed by atoms with van der Waals surface area (Å²) in [5.41, 5.74) is 0.419. The second-order valence-corrected chi connectivity index (χ2v) is 5.94. The van der Waals surface area contributed by atoms with Crippen molar-refractivity contribution in [2.45, 2.75) is 24.1 Å². The van der Waals surface area contributed by atoms with E-state index in [9.17, 15) is 9.18 Å². The summed E-state index contributed by atoms with van der Waals surface area (Å²) < 4.78 is 18.1. The van der Waals surface area contributed by atoms with E-state index in [1.165, 1.54) is 31.7 Å². The van der Waals surface area contributed by atoms with Gasteiger partial charge in [0.05, 0.1) is 7.11 Å². The molecule has 2 unspecified atom stereocenters. The first kappa shape index (κ1) is 14.3. The van der Waals surface area contributed by atoms with Crippen molar-refractivity contribution in [1.29, 1.82) is 0 Å². The number of halogens is 2. The van der Waals surface area contributed by atoms with Crippen LogP contribution in [0.3, 0.4) is 0 Å². The number of carbonyl (C=O) groups is 1. The lowest BCUT2D eigenvalue weighted by Crippen LogP contribution is -2.31. The first-order valence-corrected chi connectivity index (χ1v) is 7.29. The summed E-state index contributed by atoms with van der Waals surface area (Å²) in [6.07, 6.45) is 3.48. The Bertz CT molecular complexity index is 467. The van der Waals surface area contributed by atoms with Crippen molar-refractivity contribution in [3.63, 3.8) is 0 Å². The molecule has 1 amide bonds. The van der Waals surface area contributed by atoms with Crippen molar-refractivity contribution in [2.24, 2.45) is 5.92 Å². The van der Waals surface area contributed by atoms with Crippen molar-refractivity contribution in [3.05, 3.63) is 29.6 Å². The molecule has 0 bridgehead atoms. The summed E-state index contributed by atoms with van der Waals surface area (Å²) in [5.74, 6) is -0.0848. The van der Waals surface area contributed by atoms with Gasteiger partial charge in [0.2, 0.25) is 0 Å². The molecule has 2 rings (SSSR count). The zero-order valence-electron chi connectivity index (χ0n) is 10.8. The van der Waals surface area contributed by atoms with Gasteiger partial charge in [-0.1, -0.05) is 22.4 Å². The Morgan fingerprint density at radius 2 is 2.32 bits per heavy atom. The normalized spacial score (nSPS) is 22.3. The highest BCUT2D eigenvalue weighted by molar-refractivity contribution is 9.09. The lowest BCUT2D eigenvalue weighted by molar-refractivity contribution is 0.0947. The Kier molecular flexibility index (Phi) is 4.80. The maximum Gasteiger partial charge on any atom is 0.251 e. The number of benzene rings is 1. The molecule has 0 radical (unpaired) electrons. The van der Waals surface area contributed by atoms with Crippen molar-refractivity contribution >= 4 is 21.8 Å². The average molecular weight is 330 g/mol. The fourth-order valence-electron chi connectivity index (χ4n) is 2.35.